The zero-order valence-electron chi connectivity index (χ0n) is 40.1. The normalized spacial score (nSPS) is 12.2. The average molecular weight is 929 g/mol. The van der Waals surface area contributed by atoms with Gasteiger partial charge in [-0.15, -0.1) is 0 Å². The third-order valence-corrected chi connectivity index (χ3v) is 14.6. The van der Waals surface area contributed by atoms with Crippen LogP contribution in [0.5, 0.6) is 0 Å². The largest absolute Gasteiger partial charge is 0.228 e. The first-order chi connectivity index (χ1) is 36.2. The first-order valence-corrected chi connectivity index (χ1v) is 25.0. The lowest BCUT2D eigenvalue weighted by Crippen LogP contribution is -2.28. The molecule has 11 aromatic carbocycles. The van der Waals surface area contributed by atoms with E-state index in [1.54, 1.807) is 0 Å². The van der Waals surface area contributed by atoms with Crippen LogP contribution in [0.15, 0.2) is 291 Å². The molecule has 1 aromatic heterocycles. The summed E-state index contributed by atoms with van der Waals surface area (Å²) in [6.07, 6.45) is 0. The minimum Gasteiger partial charge on any atom is -0.228 e. The molecule has 73 heavy (non-hydrogen) atoms. The van der Waals surface area contributed by atoms with Crippen LogP contribution in [-0.2, 0) is 5.41 Å². The molecule has 0 N–H and O–H groups in total. The molecule has 0 saturated heterocycles. The number of benzene rings is 11. The fraction of sp³-hybridized carbons (Fsp3) is 0.0141. The SMILES string of the molecule is c1ccc(-c2cc(-c3ccc(-c4ccc(-c5cc(-c6ccccc6)nc(-c6ccccc6)n5)cc4)cc3)c(-c3ccccc3)c(-c3ccc4c(c3)-c3ccccc3C4(c3ccccc3)c3ccccc3)c2)cc1. The van der Waals surface area contributed by atoms with Gasteiger partial charge in [-0.05, 0) is 113 Å². The van der Waals surface area contributed by atoms with E-state index in [1.165, 1.54) is 72.3 Å². The minimum atomic E-state index is -0.470. The van der Waals surface area contributed by atoms with Crippen LogP contribution in [0.3, 0.4) is 0 Å². The molecule has 0 unspecified atom stereocenters. The van der Waals surface area contributed by atoms with Crippen LogP contribution in [0.25, 0.3) is 101 Å². The summed E-state index contributed by atoms with van der Waals surface area (Å²) in [5.74, 6) is 0.709. The molecule has 1 aliphatic carbocycles. The highest BCUT2D eigenvalue weighted by Crippen LogP contribution is 2.57. The van der Waals surface area contributed by atoms with Crippen molar-refractivity contribution in [1.29, 1.82) is 0 Å². The van der Waals surface area contributed by atoms with Crippen LogP contribution in [0.1, 0.15) is 22.3 Å². The van der Waals surface area contributed by atoms with Crippen molar-refractivity contribution in [2.24, 2.45) is 0 Å². The van der Waals surface area contributed by atoms with Gasteiger partial charge in [0.05, 0.1) is 16.8 Å². The van der Waals surface area contributed by atoms with Gasteiger partial charge in [0.1, 0.15) is 0 Å². The molecule has 1 heterocycles. The van der Waals surface area contributed by atoms with E-state index in [9.17, 15) is 0 Å². The molecule has 2 nitrogen and oxygen atoms in total. The smallest absolute Gasteiger partial charge is 0.160 e. The topological polar surface area (TPSA) is 25.8 Å². The van der Waals surface area contributed by atoms with E-state index in [0.29, 0.717) is 5.82 Å². The molecule has 2 heteroatoms. The van der Waals surface area contributed by atoms with Crippen LogP contribution in [0.4, 0.5) is 0 Å². The first kappa shape index (κ1) is 43.5. The molecule has 13 rings (SSSR count). The summed E-state index contributed by atoms with van der Waals surface area (Å²) >= 11 is 0. The van der Waals surface area contributed by atoms with Gasteiger partial charge in [0.25, 0.3) is 0 Å². The Morgan fingerprint density at radius 3 is 1.15 bits per heavy atom. The second-order valence-corrected chi connectivity index (χ2v) is 18.8. The molecular formula is C71H48N2. The number of fused-ring (bicyclic) bond motifs is 3. The molecule has 0 aliphatic heterocycles. The lowest BCUT2D eigenvalue weighted by Gasteiger charge is -2.34. The maximum absolute atomic E-state index is 5.09. The van der Waals surface area contributed by atoms with Crippen molar-refractivity contribution in [1.82, 2.24) is 9.97 Å². The van der Waals surface area contributed by atoms with Crippen molar-refractivity contribution in [3.63, 3.8) is 0 Å². The van der Waals surface area contributed by atoms with Gasteiger partial charge in [0.2, 0.25) is 0 Å². The summed E-state index contributed by atoms with van der Waals surface area (Å²) in [5.41, 5.74) is 23.8. The predicted molar refractivity (Wildman–Crippen MR) is 303 cm³/mol. The maximum Gasteiger partial charge on any atom is 0.160 e. The number of hydrogen-bond acceptors (Lipinski definition) is 2. The average Bonchev–Trinajstić information content (AvgIpc) is 3.79. The van der Waals surface area contributed by atoms with Gasteiger partial charge in [-0.25, -0.2) is 9.97 Å². The Bertz CT molecular complexity index is 3790. The summed E-state index contributed by atoms with van der Waals surface area (Å²) < 4.78 is 0. The highest BCUT2D eigenvalue weighted by Gasteiger charge is 2.46. The standard InChI is InChI=1S/C71H48N2/c1-7-21-49(22-8-1)58-46-62(52-39-35-50(36-40-52)51-37-41-54(42-38-51)68-48-67(53-23-9-2-10-24-53)72-70(73-68)56-27-13-4-14-28-56)69(55-25-11-3-12-26-55)63(47-58)57-43-44-66-64(45-57)61-33-19-20-34-65(61)71(66,59-29-15-5-16-30-59)60-31-17-6-18-32-60/h1-48H. The Morgan fingerprint density at radius 1 is 0.219 bits per heavy atom. The van der Waals surface area contributed by atoms with Gasteiger partial charge in [-0.2, -0.15) is 0 Å². The molecule has 0 fully saturated rings. The summed E-state index contributed by atoms with van der Waals surface area (Å²) in [6.45, 7) is 0. The number of aromatic nitrogens is 2. The van der Waals surface area contributed by atoms with E-state index in [-0.39, 0.29) is 0 Å². The zero-order valence-corrected chi connectivity index (χ0v) is 40.1. The fourth-order valence-corrected chi connectivity index (χ4v) is 11.2. The van der Waals surface area contributed by atoms with Crippen LogP contribution in [0, 0.1) is 0 Å². The number of rotatable bonds is 10. The minimum absolute atomic E-state index is 0.470. The Morgan fingerprint density at radius 2 is 0.589 bits per heavy atom. The van der Waals surface area contributed by atoms with E-state index >= 15 is 0 Å². The lowest BCUT2D eigenvalue weighted by molar-refractivity contribution is 0.768. The Kier molecular flexibility index (Phi) is 11.1. The summed E-state index contributed by atoms with van der Waals surface area (Å²) in [6, 6.07) is 105. The van der Waals surface area contributed by atoms with Gasteiger partial charge in [0.15, 0.2) is 5.82 Å². The molecule has 1 aliphatic rings. The summed E-state index contributed by atoms with van der Waals surface area (Å²) in [5, 5.41) is 0. The second kappa shape index (κ2) is 18.7. The molecule has 12 aromatic rings. The zero-order chi connectivity index (χ0) is 48.6. The van der Waals surface area contributed by atoms with Crippen molar-refractivity contribution in [3.8, 4) is 101 Å². The third kappa shape index (κ3) is 7.87. The number of hydrogen-bond donors (Lipinski definition) is 0. The van der Waals surface area contributed by atoms with Crippen LogP contribution in [0.2, 0.25) is 0 Å². The molecule has 0 amide bonds. The second-order valence-electron chi connectivity index (χ2n) is 18.8. The monoisotopic (exact) mass is 928 g/mol. The molecular weight excluding hydrogens is 881 g/mol. The molecule has 0 bridgehead atoms. The van der Waals surface area contributed by atoms with E-state index in [4.69, 9.17) is 9.97 Å². The highest BCUT2D eigenvalue weighted by atomic mass is 14.9. The van der Waals surface area contributed by atoms with Crippen molar-refractivity contribution in [2.45, 2.75) is 5.41 Å². The van der Waals surface area contributed by atoms with E-state index in [2.05, 4.69) is 267 Å². The summed E-state index contributed by atoms with van der Waals surface area (Å²) in [4.78, 5) is 10.1. The van der Waals surface area contributed by atoms with Gasteiger partial charge in [-0.1, -0.05) is 267 Å². The van der Waals surface area contributed by atoms with Gasteiger partial charge in [0, 0.05) is 16.7 Å². The van der Waals surface area contributed by atoms with Crippen molar-refractivity contribution in [3.05, 3.63) is 313 Å². The van der Waals surface area contributed by atoms with E-state index in [0.717, 1.165) is 44.8 Å². The maximum atomic E-state index is 5.09. The van der Waals surface area contributed by atoms with Gasteiger partial charge < -0.3 is 0 Å². The molecule has 0 spiro atoms. The fourth-order valence-electron chi connectivity index (χ4n) is 11.2. The summed E-state index contributed by atoms with van der Waals surface area (Å²) in [7, 11) is 0. The lowest BCUT2D eigenvalue weighted by atomic mass is 9.67. The van der Waals surface area contributed by atoms with Gasteiger partial charge >= 0.3 is 0 Å². The molecule has 342 valence electrons. The van der Waals surface area contributed by atoms with E-state index in [1.807, 2.05) is 24.3 Å². The number of nitrogens with zero attached hydrogens (tertiary/aromatic N) is 2. The third-order valence-electron chi connectivity index (χ3n) is 14.6. The Hall–Kier alpha value is -9.50. The highest BCUT2D eigenvalue weighted by molar-refractivity contribution is 5.99. The molecule has 0 saturated carbocycles. The van der Waals surface area contributed by atoms with Crippen molar-refractivity contribution < 1.29 is 0 Å². The van der Waals surface area contributed by atoms with Crippen LogP contribution >= 0.6 is 0 Å². The predicted octanol–water partition coefficient (Wildman–Crippen LogP) is 18.2. The molecule has 0 atom stereocenters. The quantitative estimate of drug-likeness (QED) is 0.137. The first-order valence-electron chi connectivity index (χ1n) is 25.0. The van der Waals surface area contributed by atoms with E-state index < -0.39 is 5.41 Å². The van der Waals surface area contributed by atoms with Crippen molar-refractivity contribution >= 4 is 0 Å². The van der Waals surface area contributed by atoms with Crippen LogP contribution < -0.4 is 0 Å². The van der Waals surface area contributed by atoms with Gasteiger partial charge in [-0.3, -0.25) is 0 Å². The Labute approximate surface area is 427 Å². The molecule has 0 radical (unpaired) electrons. The van der Waals surface area contributed by atoms with Crippen LogP contribution in [-0.4, -0.2) is 9.97 Å². The van der Waals surface area contributed by atoms with Crippen molar-refractivity contribution in [2.75, 3.05) is 0 Å². The Balaban J connectivity index is 0.933.